The van der Waals surface area contributed by atoms with Crippen LogP contribution in [0.5, 0.6) is 5.75 Å². The van der Waals surface area contributed by atoms with Gasteiger partial charge in [-0.3, -0.25) is 0 Å². The molecule has 0 amide bonds. The number of rotatable bonds is 3. The molecule has 0 saturated heterocycles. The molecule has 0 aliphatic heterocycles. The van der Waals surface area contributed by atoms with Gasteiger partial charge in [0.2, 0.25) is 0 Å². The van der Waals surface area contributed by atoms with Crippen molar-refractivity contribution in [2.75, 3.05) is 5.73 Å². The third kappa shape index (κ3) is 2.28. The number of nitrogens with two attached hydrogens (primary N) is 1. The molecule has 15 heavy (non-hydrogen) atoms. The van der Waals surface area contributed by atoms with Gasteiger partial charge in [-0.1, -0.05) is 17.3 Å². The first-order valence-electron chi connectivity index (χ1n) is 4.64. The first-order valence-corrected chi connectivity index (χ1v) is 4.64. The summed E-state index contributed by atoms with van der Waals surface area (Å²) in [4.78, 5) is 0. The van der Waals surface area contributed by atoms with E-state index in [9.17, 15) is 0 Å². The van der Waals surface area contributed by atoms with Gasteiger partial charge in [-0.25, -0.2) is 0 Å². The fourth-order valence-electron chi connectivity index (χ4n) is 1.24. The molecule has 2 aromatic rings. The Morgan fingerprint density at radius 2 is 2.33 bits per heavy atom. The number of nitrogen functional groups attached to an aromatic ring is 1. The molecule has 2 rings (SSSR count). The first kappa shape index (κ1) is 9.58. The predicted molar refractivity (Wildman–Crippen MR) is 56.4 cm³/mol. The average molecular weight is 204 g/mol. The summed E-state index contributed by atoms with van der Waals surface area (Å²) in [7, 11) is 0. The molecule has 78 valence electrons. The third-order valence-corrected chi connectivity index (χ3v) is 2.04. The Hall–Kier alpha value is -1.97. The molecule has 0 spiro atoms. The van der Waals surface area contributed by atoms with Crippen molar-refractivity contribution >= 4 is 5.69 Å². The normalized spacial score (nSPS) is 10.2. The van der Waals surface area contributed by atoms with Crippen molar-refractivity contribution in [1.82, 2.24) is 5.16 Å². The quantitative estimate of drug-likeness (QED) is 0.832. The van der Waals surface area contributed by atoms with Gasteiger partial charge in [0.25, 0.3) is 0 Å². The summed E-state index contributed by atoms with van der Waals surface area (Å²) in [5.74, 6) is 1.35. The Balaban J connectivity index is 2.02. The van der Waals surface area contributed by atoms with E-state index in [-0.39, 0.29) is 0 Å². The molecule has 0 saturated carbocycles. The van der Waals surface area contributed by atoms with E-state index in [0.717, 1.165) is 11.3 Å². The number of anilines is 1. The highest BCUT2D eigenvalue weighted by Crippen LogP contribution is 2.16. The largest absolute Gasteiger partial charge is 0.485 e. The van der Waals surface area contributed by atoms with Gasteiger partial charge in [-0.15, -0.1) is 0 Å². The summed E-state index contributed by atoms with van der Waals surface area (Å²) in [5.41, 5.74) is 7.27. The maximum atomic E-state index is 5.60. The van der Waals surface area contributed by atoms with E-state index in [0.29, 0.717) is 18.1 Å². The molecule has 4 nitrogen and oxygen atoms in total. The summed E-state index contributed by atoms with van der Waals surface area (Å²) in [6.07, 6.45) is 1.47. The Kier molecular flexibility index (Phi) is 2.58. The molecule has 0 aliphatic carbocycles. The van der Waals surface area contributed by atoms with Crippen LogP contribution in [0.3, 0.4) is 0 Å². The van der Waals surface area contributed by atoms with Crippen LogP contribution in [0.25, 0.3) is 0 Å². The third-order valence-electron chi connectivity index (χ3n) is 2.04. The molecule has 1 aromatic carbocycles. The van der Waals surface area contributed by atoms with Crippen molar-refractivity contribution in [3.05, 3.63) is 41.8 Å². The second-order valence-electron chi connectivity index (χ2n) is 3.31. The second-order valence-corrected chi connectivity index (χ2v) is 3.31. The van der Waals surface area contributed by atoms with Crippen LogP contribution in [0.1, 0.15) is 11.3 Å². The Morgan fingerprint density at radius 3 is 3.00 bits per heavy atom. The molecule has 0 unspecified atom stereocenters. The van der Waals surface area contributed by atoms with Crippen molar-refractivity contribution in [3.63, 3.8) is 0 Å². The van der Waals surface area contributed by atoms with Crippen LogP contribution in [0.2, 0.25) is 0 Å². The minimum Gasteiger partial charge on any atom is -0.485 e. The Morgan fingerprint density at radius 1 is 1.47 bits per heavy atom. The first-order chi connectivity index (χ1) is 7.25. The fraction of sp³-hybridized carbons (Fsp3) is 0.182. The number of ether oxygens (including phenoxy) is 1. The van der Waals surface area contributed by atoms with E-state index in [1.165, 1.54) is 6.20 Å². The van der Waals surface area contributed by atoms with Gasteiger partial charge in [0, 0.05) is 0 Å². The maximum Gasteiger partial charge on any atom is 0.196 e. The summed E-state index contributed by atoms with van der Waals surface area (Å²) >= 11 is 0. The highest BCUT2D eigenvalue weighted by Gasteiger charge is 2.04. The van der Waals surface area contributed by atoms with Gasteiger partial charge in [0.1, 0.15) is 5.75 Å². The lowest BCUT2D eigenvalue weighted by molar-refractivity contribution is 0.250. The van der Waals surface area contributed by atoms with Crippen LogP contribution in [-0.2, 0) is 6.61 Å². The molecule has 0 aliphatic rings. The SMILES string of the molecule is Cc1cccc(OCc2oncc2N)c1. The van der Waals surface area contributed by atoms with Gasteiger partial charge in [0.15, 0.2) is 12.4 Å². The number of hydrogen-bond donors (Lipinski definition) is 1. The van der Waals surface area contributed by atoms with Crippen molar-refractivity contribution in [2.24, 2.45) is 0 Å². The predicted octanol–water partition coefficient (Wildman–Crippen LogP) is 2.14. The molecule has 0 radical (unpaired) electrons. The lowest BCUT2D eigenvalue weighted by atomic mass is 10.2. The summed E-state index contributed by atoms with van der Waals surface area (Å²) < 4.78 is 10.4. The molecule has 1 heterocycles. The number of aromatic nitrogens is 1. The average Bonchev–Trinajstić information content (AvgIpc) is 2.61. The van der Waals surface area contributed by atoms with Crippen molar-refractivity contribution < 1.29 is 9.26 Å². The van der Waals surface area contributed by atoms with E-state index >= 15 is 0 Å². The smallest absolute Gasteiger partial charge is 0.196 e. The zero-order valence-electron chi connectivity index (χ0n) is 8.43. The van der Waals surface area contributed by atoms with Crippen molar-refractivity contribution in [1.29, 1.82) is 0 Å². The monoisotopic (exact) mass is 204 g/mol. The number of aryl methyl sites for hydroxylation is 1. The Bertz CT molecular complexity index is 451. The molecule has 2 N–H and O–H groups in total. The van der Waals surface area contributed by atoms with Gasteiger partial charge in [0.05, 0.1) is 11.9 Å². The molecule has 1 aromatic heterocycles. The molecule has 0 fully saturated rings. The summed E-state index contributed by atoms with van der Waals surface area (Å²) in [5, 5.41) is 3.57. The molecule has 0 bridgehead atoms. The topological polar surface area (TPSA) is 61.3 Å². The molecule has 4 heteroatoms. The van der Waals surface area contributed by atoms with Gasteiger partial charge >= 0.3 is 0 Å². The van der Waals surface area contributed by atoms with Crippen LogP contribution < -0.4 is 10.5 Å². The number of nitrogens with zero attached hydrogens (tertiary/aromatic N) is 1. The van der Waals surface area contributed by atoms with E-state index in [1.807, 2.05) is 31.2 Å². The zero-order chi connectivity index (χ0) is 10.7. The van der Waals surface area contributed by atoms with E-state index in [1.54, 1.807) is 0 Å². The van der Waals surface area contributed by atoms with Gasteiger partial charge in [-0.2, -0.15) is 0 Å². The number of hydrogen-bond acceptors (Lipinski definition) is 4. The maximum absolute atomic E-state index is 5.60. The Labute approximate surface area is 87.6 Å². The van der Waals surface area contributed by atoms with Crippen molar-refractivity contribution in [2.45, 2.75) is 13.5 Å². The van der Waals surface area contributed by atoms with Crippen LogP contribution in [0, 0.1) is 6.92 Å². The van der Waals surface area contributed by atoms with E-state index in [2.05, 4.69) is 5.16 Å². The summed E-state index contributed by atoms with van der Waals surface area (Å²) in [6.45, 7) is 2.31. The highest BCUT2D eigenvalue weighted by atomic mass is 16.5. The van der Waals surface area contributed by atoms with Gasteiger partial charge in [-0.05, 0) is 24.6 Å². The minimum atomic E-state index is 0.301. The lowest BCUT2D eigenvalue weighted by Crippen LogP contribution is -1.97. The molecular weight excluding hydrogens is 192 g/mol. The van der Waals surface area contributed by atoms with Crippen molar-refractivity contribution in [3.8, 4) is 5.75 Å². The highest BCUT2D eigenvalue weighted by molar-refractivity contribution is 5.38. The minimum absolute atomic E-state index is 0.301. The van der Waals surface area contributed by atoms with Crippen LogP contribution >= 0.6 is 0 Å². The second kappa shape index (κ2) is 4.04. The van der Waals surface area contributed by atoms with E-state index < -0.39 is 0 Å². The lowest BCUT2D eigenvalue weighted by Gasteiger charge is -2.04. The molecular formula is C11H12N2O2. The van der Waals surface area contributed by atoms with E-state index in [4.69, 9.17) is 15.0 Å². The summed E-state index contributed by atoms with van der Waals surface area (Å²) in [6, 6.07) is 7.79. The van der Waals surface area contributed by atoms with Crippen LogP contribution in [0.15, 0.2) is 35.0 Å². The number of benzene rings is 1. The van der Waals surface area contributed by atoms with Crippen LogP contribution in [0.4, 0.5) is 5.69 Å². The fourth-order valence-corrected chi connectivity index (χ4v) is 1.24. The zero-order valence-corrected chi connectivity index (χ0v) is 8.43. The van der Waals surface area contributed by atoms with Crippen LogP contribution in [-0.4, -0.2) is 5.16 Å². The van der Waals surface area contributed by atoms with Gasteiger partial charge < -0.3 is 15.0 Å². The standard InChI is InChI=1S/C11H12N2O2/c1-8-3-2-4-9(5-8)14-7-11-10(12)6-13-15-11/h2-6H,7,12H2,1H3. The molecule has 0 atom stereocenters.